The number of halogens is 2. The number of alkyl halides is 1. The highest BCUT2D eigenvalue weighted by Crippen LogP contribution is 2.32. The fraction of sp³-hybridized carbons (Fsp3) is 0.400. The molecule has 0 fully saturated rings. The third-order valence-electron chi connectivity index (χ3n) is 2.25. The third-order valence-corrected chi connectivity index (χ3v) is 4.25. The summed E-state index contributed by atoms with van der Waals surface area (Å²) in [5.74, 6) is 0. The summed E-state index contributed by atoms with van der Waals surface area (Å²) in [5, 5.41) is 10.3. The minimum absolute atomic E-state index is 0.0186. The molecule has 0 amide bonds. The molecule has 0 radical (unpaired) electrons. The first-order valence-corrected chi connectivity index (χ1v) is 7.16. The summed E-state index contributed by atoms with van der Waals surface area (Å²) in [5.41, 5.74) is -0.0884. The summed E-state index contributed by atoms with van der Waals surface area (Å²) in [6.07, 6.45) is 0.0186. The molecule has 0 aromatic heterocycles. The van der Waals surface area contributed by atoms with E-state index < -0.39 is 32.3 Å². The van der Waals surface area contributed by atoms with E-state index in [0.717, 1.165) is 0 Å². The van der Waals surface area contributed by atoms with Crippen molar-refractivity contribution in [2.24, 2.45) is 0 Å². The van der Waals surface area contributed by atoms with Gasteiger partial charge >= 0.3 is 0 Å². The normalized spacial score (nSPS) is 11.5. The molecule has 6 nitrogen and oxygen atoms in total. The van der Waals surface area contributed by atoms with Gasteiger partial charge in [0.1, 0.15) is 9.92 Å². The molecular weight excluding hydrogens is 299 g/mol. The summed E-state index contributed by atoms with van der Waals surface area (Å²) in [4.78, 5) is 9.64. The van der Waals surface area contributed by atoms with Gasteiger partial charge in [-0.15, -0.1) is 0 Å². The number of rotatable bonds is 6. The fourth-order valence-corrected chi connectivity index (χ4v) is 3.13. The molecule has 106 valence electrons. The SMILES string of the molecule is Cc1cc([N+](=O)[O-])c(Cl)c(S(=O)(=O)NCCCF)c1. The number of hydrogen-bond acceptors (Lipinski definition) is 4. The summed E-state index contributed by atoms with van der Waals surface area (Å²) >= 11 is 5.74. The second-order valence-electron chi connectivity index (χ2n) is 3.79. The Hall–Kier alpha value is -1.25. The number of nitro benzene ring substituents is 1. The Labute approximate surface area is 114 Å². The lowest BCUT2D eigenvalue weighted by Gasteiger charge is -2.09. The van der Waals surface area contributed by atoms with E-state index >= 15 is 0 Å². The number of nitro groups is 1. The van der Waals surface area contributed by atoms with E-state index in [2.05, 4.69) is 4.72 Å². The van der Waals surface area contributed by atoms with Crippen LogP contribution in [0.25, 0.3) is 0 Å². The number of nitrogens with one attached hydrogen (secondary N) is 1. The van der Waals surface area contributed by atoms with Gasteiger partial charge in [-0.2, -0.15) is 0 Å². The van der Waals surface area contributed by atoms with Crippen molar-refractivity contribution in [3.8, 4) is 0 Å². The first-order chi connectivity index (χ1) is 8.79. The molecule has 19 heavy (non-hydrogen) atoms. The van der Waals surface area contributed by atoms with Gasteiger partial charge in [0.25, 0.3) is 5.69 Å². The number of hydrogen-bond donors (Lipinski definition) is 1. The van der Waals surface area contributed by atoms with E-state index in [4.69, 9.17) is 11.6 Å². The van der Waals surface area contributed by atoms with Crippen molar-refractivity contribution in [2.75, 3.05) is 13.2 Å². The van der Waals surface area contributed by atoms with E-state index in [-0.39, 0.29) is 17.9 Å². The zero-order valence-electron chi connectivity index (χ0n) is 10.0. The van der Waals surface area contributed by atoms with Crippen LogP contribution in [0.4, 0.5) is 10.1 Å². The molecule has 1 N–H and O–H groups in total. The van der Waals surface area contributed by atoms with Crippen LogP contribution >= 0.6 is 11.6 Å². The largest absolute Gasteiger partial charge is 0.289 e. The number of sulfonamides is 1. The third kappa shape index (κ3) is 3.85. The fourth-order valence-electron chi connectivity index (χ4n) is 1.40. The minimum Gasteiger partial charge on any atom is -0.258 e. The first kappa shape index (κ1) is 15.8. The topological polar surface area (TPSA) is 89.3 Å². The minimum atomic E-state index is -3.99. The molecule has 9 heteroatoms. The van der Waals surface area contributed by atoms with Crippen LogP contribution < -0.4 is 4.72 Å². The Kier molecular flexibility index (Phi) is 5.21. The van der Waals surface area contributed by atoms with Crippen molar-refractivity contribution in [3.63, 3.8) is 0 Å². The highest BCUT2D eigenvalue weighted by Gasteiger charge is 2.25. The van der Waals surface area contributed by atoms with Gasteiger partial charge in [0.05, 0.1) is 11.6 Å². The van der Waals surface area contributed by atoms with E-state index in [0.29, 0.717) is 5.56 Å². The number of benzene rings is 1. The lowest BCUT2D eigenvalue weighted by atomic mass is 10.2. The molecule has 0 unspecified atom stereocenters. The van der Waals surface area contributed by atoms with E-state index in [1.165, 1.54) is 19.1 Å². The molecule has 1 rings (SSSR count). The van der Waals surface area contributed by atoms with Gasteiger partial charge in [-0.1, -0.05) is 11.6 Å². The molecule has 0 atom stereocenters. The van der Waals surface area contributed by atoms with Crippen LogP contribution in [0.2, 0.25) is 5.02 Å². The lowest BCUT2D eigenvalue weighted by molar-refractivity contribution is -0.385. The van der Waals surface area contributed by atoms with Gasteiger partial charge in [0.15, 0.2) is 0 Å². The standard InChI is InChI=1S/C10H12ClFN2O4S/c1-7-5-8(14(15)16)10(11)9(6-7)19(17,18)13-4-2-3-12/h5-6,13H,2-4H2,1H3. The Morgan fingerprint density at radius 3 is 2.63 bits per heavy atom. The van der Waals surface area contributed by atoms with E-state index in [9.17, 15) is 22.9 Å². The van der Waals surface area contributed by atoms with Crippen LogP contribution in [0.3, 0.4) is 0 Å². The summed E-state index contributed by atoms with van der Waals surface area (Å²) < 4.78 is 37.9. The molecule has 0 aliphatic carbocycles. The molecule has 0 bridgehead atoms. The summed E-state index contributed by atoms with van der Waals surface area (Å²) in [6, 6.07) is 2.41. The van der Waals surface area contributed by atoms with Gasteiger partial charge < -0.3 is 0 Å². The van der Waals surface area contributed by atoms with Gasteiger partial charge in [-0.05, 0) is 25.0 Å². The highest BCUT2D eigenvalue weighted by molar-refractivity contribution is 7.89. The summed E-state index contributed by atoms with van der Waals surface area (Å²) in [7, 11) is -3.99. The van der Waals surface area contributed by atoms with Gasteiger partial charge in [0.2, 0.25) is 10.0 Å². The van der Waals surface area contributed by atoms with Crippen molar-refractivity contribution in [1.29, 1.82) is 0 Å². The molecular formula is C10H12ClFN2O4S. The predicted octanol–water partition coefficient (Wildman–Crippen LogP) is 2.19. The average molecular weight is 311 g/mol. The molecule has 1 aromatic carbocycles. The Morgan fingerprint density at radius 1 is 1.47 bits per heavy atom. The van der Waals surface area contributed by atoms with Crippen molar-refractivity contribution in [3.05, 3.63) is 32.8 Å². The molecule has 1 aromatic rings. The molecule has 0 heterocycles. The summed E-state index contributed by atoms with van der Waals surface area (Å²) in [6.45, 7) is 0.755. The van der Waals surface area contributed by atoms with Crippen LogP contribution in [-0.4, -0.2) is 26.6 Å². The van der Waals surface area contributed by atoms with Crippen molar-refractivity contribution >= 4 is 27.3 Å². The zero-order chi connectivity index (χ0) is 14.6. The van der Waals surface area contributed by atoms with Gasteiger partial charge in [0, 0.05) is 12.6 Å². The van der Waals surface area contributed by atoms with Crippen molar-refractivity contribution in [1.82, 2.24) is 4.72 Å². The molecule has 0 aliphatic rings. The van der Waals surface area contributed by atoms with Crippen LogP contribution in [0.1, 0.15) is 12.0 Å². The van der Waals surface area contributed by atoms with Gasteiger partial charge in [-0.3, -0.25) is 14.5 Å². The zero-order valence-corrected chi connectivity index (χ0v) is 11.6. The Bertz CT molecular complexity index is 591. The second kappa shape index (κ2) is 6.27. The van der Waals surface area contributed by atoms with Crippen LogP contribution in [0, 0.1) is 17.0 Å². The highest BCUT2D eigenvalue weighted by atomic mass is 35.5. The maximum atomic E-state index is 11.9. The molecule has 0 aliphatic heterocycles. The molecule has 0 saturated heterocycles. The first-order valence-electron chi connectivity index (χ1n) is 5.29. The van der Waals surface area contributed by atoms with Crippen LogP contribution in [0.15, 0.2) is 17.0 Å². The van der Waals surface area contributed by atoms with Crippen molar-refractivity contribution in [2.45, 2.75) is 18.2 Å². The average Bonchev–Trinajstić information content (AvgIpc) is 2.31. The van der Waals surface area contributed by atoms with Crippen LogP contribution in [0.5, 0.6) is 0 Å². The Balaban J connectivity index is 3.23. The smallest absolute Gasteiger partial charge is 0.258 e. The van der Waals surface area contributed by atoms with E-state index in [1.807, 2.05) is 0 Å². The quantitative estimate of drug-likeness (QED) is 0.495. The molecule has 0 saturated carbocycles. The van der Waals surface area contributed by atoms with Crippen molar-refractivity contribution < 1.29 is 17.7 Å². The predicted molar refractivity (Wildman–Crippen MR) is 68.6 cm³/mol. The van der Waals surface area contributed by atoms with Gasteiger partial charge in [-0.25, -0.2) is 13.1 Å². The van der Waals surface area contributed by atoms with E-state index in [1.54, 1.807) is 0 Å². The Morgan fingerprint density at radius 2 is 2.11 bits per heavy atom. The number of aryl methyl sites for hydroxylation is 1. The maximum Gasteiger partial charge on any atom is 0.289 e. The number of nitrogens with zero attached hydrogens (tertiary/aromatic N) is 1. The lowest BCUT2D eigenvalue weighted by Crippen LogP contribution is -2.25. The maximum absolute atomic E-state index is 11.9. The second-order valence-corrected chi connectivity index (χ2v) is 5.91. The monoisotopic (exact) mass is 310 g/mol. The van der Waals surface area contributed by atoms with Crippen LogP contribution in [-0.2, 0) is 10.0 Å². The molecule has 0 spiro atoms.